The molecule has 1 unspecified atom stereocenters. The van der Waals surface area contributed by atoms with Gasteiger partial charge in [-0.15, -0.1) is 0 Å². The fourth-order valence-corrected chi connectivity index (χ4v) is 2.31. The lowest BCUT2D eigenvalue weighted by Gasteiger charge is -2.14. The molecule has 0 aromatic heterocycles. The van der Waals surface area contributed by atoms with Gasteiger partial charge >= 0.3 is 12.0 Å². The van der Waals surface area contributed by atoms with E-state index in [1.165, 1.54) is 7.05 Å². The van der Waals surface area contributed by atoms with Crippen LogP contribution in [0.1, 0.15) is 32.6 Å². The Bertz CT molecular complexity index is 425. The summed E-state index contributed by atoms with van der Waals surface area (Å²) in [6.45, 7) is 2.45. The summed E-state index contributed by atoms with van der Waals surface area (Å²) in [5.41, 5.74) is 0. The number of sulfonamides is 1. The third-order valence-electron chi connectivity index (χ3n) is 3.15. The average Bonchev–Trinajstić information content (AvgIpc) is 2.42. The van der Waals surface area contributed by atoms with Crippen LogP contribution in [-0.4, -0.2) is 51.4 Å². The third kappa shape index (κ3) is 11.0. The van der Waals surface area contributed by atoms with E-state index in [0.717, 1.165) is 6.42 Å². The largest absolute Gasteiger partial charge is 0.481 e. The highest BCUT2D eigenvalue weighted by Gasteiger charge is 2.10. The maximum absolute atomic E-state index is 11.4. The van der Waals surface area contributed by atoms with E-state index < -0.39 is 22.0 Å². The first-order valence-corrected chi connectivity index (χ1v) is 8.60. The van der Waals surface area contributed by atoms with Gasteiger partial charge in [0.25, 0.3) is 0 Å². The summed E-state index contributed by atoms with van der Waals surface area (Å²) in [5.74, 6) is -0.733. The molecule has 0 saturated heterocycles. The van der Waals surface area contributed by atoms with E-state index in [4.69, 9.17) is 5.11 Å². The monoisotopic (exact) mass is 323 g/mol. The van der Waals surface area contributed by atoms with Gasteiger partial charge in [-0.1, -0.05) is 13.3 Å². The van der Waals surface area contributed by atoms with Crippen molar-refractivity contribution in [2.45, 2.75) is 32.6 Å². The highest BCUT2D eigenvalue weighted by Crippen LogP contribution is 2.14. The molecule has 0 rings (SSSR count). The van der Waals surface area contributed by atoms with E-state index >= 15 is 0 Å². The predicted molar refractivity (Wildman–Crippen MR) is 79.5 cm³/mol. The minimum Gasteiger partial charge on any atom is -0.481 e. The van der Waals surface area contributed by atoms with Gasteiger partial charge in [-0.3, -0.25) is 4.79 Å². The smallest absolute Gasteiger partial charge is 0.314 e. The van der Waals surface area contributed by atoms with Crippen molar-refractivity contribution < 1.29 is 23.1 Å². The molecule has 0 radical (unpaired) electrons. The maximum Gasteiger partial charge on any atom is 0.314 e. The average molecular weight is 323 g/mol. The lowest BCUT2D eigenvalue weighted by molar-refractivity contribution is -0.137. The molecule has 0 saturated carbocycles. The molecule has 0 aliphatic carbocycles. The molecule has 21 heavy (non-hydrogen) atoms. The molecular formula is C12H25N3O5S. The molecule has 0 aromatic rings. The number of rotatable bonds is 11. The summed E-state index contributed by atoms with van der Waals surface area (Å²) in [5, 5.41) is 13.7. The van der Waals surface area contributed by atoms with E-state index in [2.05, 4.69) is 15.4 Å². The van der Waals surface area contributed by atoms with Crippen LogP contribution in [0.25, 0.3) is 0 Å². The zero-order valence-electron chi connectivity index (χ0n) is 12.5. The third-order valence-corrected chi connectivity index (χ3v) is 4.51. The molecule has 8 nitrogen and oxygen atoms in total. The minimum absolute atomic E-state index is 0.0330. The van der Waals surface area contributed by atoms with E-state index in [9.17, 15) is 18.0 Å². The van der Waals surface area contributed by atoms with E-state index in [0.29, 0.717) is 19.4 Å². The predicted octanol–water partition coefficient (Wildman–Crippen LogP) is 0.116. The number of carboxylic acid groups (broad SMARTS) is 1. The molecule has 4 N–H and O–H groups in total. The van der Waals surface area contributed by atoms with Gasteiger partial charge in [0, 0.05) is 19.5 Å². The molecule has 0 fully saturated rings. The van der Waals surface area contributed by atoms with Crippen LogP contribution in [0.4, 0.5) is 4.79 Å². The van der Waals surface area contributed by atoms with E-state index in [-0.39, 0.29) is 24.6 Å². The molecule has 1 atom stereocenters. The van der Waals surface area contributed by atoms with Crippen molar-refractivity contribution >= 4 is 22.0 Å². The maximum atomic E-state index is 11.4. The van der Waals surface area contributed by atoms with Gasteiger partial charge in [0.05, 0.1) is 5.75 Å². The Labute approximate surface area is 125 Å². The first-order valence-electron chi connectivity index (χ1n) is 6.95. The minimum atomic E-state index is -3.32. The van der Waals surface area contributed by atoms with Gasteiger partial charge in [-0.2, -0.15) is 0 Å². The molecule has 0 aliphatic heterocycles. The van der Waals surface area contributed by atoms with E-state index in [1.54, 1.807) is 0 Å². The molecule has 9 heteroatoms. The lowest BCUT2D eigenvalue weighted by Crippen LogP contribution is -2.40. The van der Waals surface area contributed by atoms with Crippen molar-refractivity contribution in [1.82, 2.24) is 15.4 Å². The van der Waals surface area contributed by atoms with Crippen LogP contribution in [0.15, 0.2) is 0 Å². The van der Waals surface area contributed by atoms with Gasteiger partial charge in [-0.05, 0) is 25.8 Å². The Balaban J connectivity index is 3.80. The van der Waals surface area contributed by atoms with Crippen molar-refractivity contribution in [2.24, 2.45) is 5.92 Å². The van der Waals surface area contributed by atoms with Crippen LogP contribution in [0.5, 0.6) is 0 Å². The Hall–Kier alpha value is -1.35. The SMILES string of the molecule is CCC(CCNC(=O)NCCS(=O)(=O)NC)CCC(=O)O. The topological polar surface area (TPSA) is 125 Å². The number of carbonyl (C=O) groups excluding carboxylic acids is 1. The molecule has 2 amide bonds. The zero-order valence-corrected chi connectivity index (χ0v) is 13.3. The lowest BCUT2D eigenvalue weighted by atomic mass is 9.97. The summed E-state index contributed by atoms with van der Waals surface area (Å²) in [7, 11) is -2.00. The van der Waals surface area contributed by atoms with E-state index in [1.807, 2.05) is 6.92 Å². The molecule has 0 bridgehead atoms. The van der Waals surface area contributed by atoms with Crippen LogP contribution in [0, 0.1) is 5.92 Å². The Morgan fingerprint density at radius 2 is 1.76 bits per heavy atom. The number of hydrogen-bond acceptors (Lipinski definition) is 4. The van der Waals surface area contributed by atoms with Crippen molar-refractivity contribution in [3.63, 3.8) is 0 Å². The van der Waals surface area contributed by atoms with Crippen LogP contribution in [0.3, 0.4) is 0 Å². The molecular weight excluding hydrogens is 298 g/mol. The summed E-state index contributed by atoms with van der Waals surface area (Å²) in [6.07, 6.45) is 2.28. The number of hydrogen-bond donors (Lipinski definition) is 4. The fraction of sp³-hybridized carbons (Fsp3) is 0.833. The van der Waals surface area contributed by atoms with Gasteiger partial charge in [0.2, 0.25) is 10.0 Å². The number of carboxylic acids is 1. The summed E-state index contributed by atoms with van der Waals surface area (Å²) < 4.78 is 24.4. The van der Waals surface area contributed by atoms with Crippen LogP contribution >= 0.6 is 0 Å². The molecule has 0 aromatic carbocycles. The van der Waals surface area contributed by atoms with Gasteiger partial charge < -0.3 is 15.7 Å². The Morgan fingerprint density at radius 1 is 1.14 bits per heavy atom. The highest BCUT2D eigenvalue weighted by molar-refractivity contribution is 7.89. The van der Waals surface area contributed by atoms with Gasteiger partial charge in [0.1, 0.15) is 0 Å². The normalized spacial score (nSPS) is 12.7. The van der Waals surface area contributed by atoms with Crippen molar-refractivity contribution in [1.29, 1.82) is 0 Å². The molecule has 0 heterocycles. The highest BCUT2D eigenvalue weighted by atomic mass is 32.2. The zero-order chi connectivity index (χ0) is 16.3. The van der Waals surface area contributed by atoms with Crippen molar-refractivity contribution in [2.75, 3.05) is 25.9 Å². The fourth-order valence-electron chi connectivity index (χ4n) is 1.73. The quantitative estimate of drug-likeness (QED) is 0.430. The summed E-state index contributed by atoms with van der Waals surface area (Å²) >= 11 is 0. The van der Waals surface area contributed by atoms with Crippen molar-refractivity contribution in [3.8, 4) is 0 Å². The molecule has 0 aliphatic rings. The number of urea groups is 1. The summed E-state index contributed by atoms with van der Waals surface area (Å²) in [4.78, 5) is 21.9. The number of amides is 2. The van der Waals surface area contributed by atoms with Crippen LogP contribution in [0.2, 0.25) is 0 Å². The Morgan fingerprint density at radius 3 is 2.29 bits per heavy atom. The van der Waals surface area contributed by atoms with Crippen LogP contribution in [-0.2, 0) is 14.8 Å². The number of carbonyl (C=O) groups is 2. The van der Waals surface area contributed by atoms with Gasteiger partial charge in [-0.25, -0.2) is 17.9 Å². The van der Waals surface area contributed by atoms with Gasteiger partial charge in [0.15, 0.2) is 0 Å². The molecule has 124 valence electrons. The standard InChI is InChI=1S/C12H25N3O5S/c1-3-10(4-5-11(16)17)6-7-14-12(18)15-8-9-21(19,20)13-2/h10,13H,3-9H2,1-2H3,(H,16,17)(H2,14,15,18). The first kappa shape index (κ1) is 19.7. The second-order valence-corrected chi connectivity index (χ2v) is 6.75. The van der Waals surface area contributed by atoms with Crippen LogP contribution < -0.4 is 15.4 Å². The Kier molecular flexibility index (Phi) is 9.72. The second-order valence-electron chi connectivity index (χ2n) is 4.70. The first-order chi connectivity index (χ1) is 9.80. The second kappa shape index (κ2) is 10.4. The van der Waals surface area contributed by atoms with Crippen molar-refractivity contribution in [3.05, 3.63) is 0 Å². The summed E-state index contributed by atoms with van der Waals surface area (Å²) in [6, 6.07) is -0.422. The number of aliphatic carboxylic acids is 1. The molecule has 0 spiro atoms. The number of nitrogens with one attached hydrogen (secondary N) is 3.